The molecule has 2 N–H and O–H groups in total. The fourth-order valence-electron chi connectivity index (χ4n) is 2.52. The average molecular weight is 369 g/mol. The minimum atomic E-state index is -1.00. The Morgan fingerprint density at radius 2 is 1.72 bits per heavy atom. The highest BCUT2D eigenvalue weighted by Gasteiger charge is 2.18. The third-order valence-corrected chi connectivity index (χ3v) is 4.15. The molecular weight excluding hydrogens is 344 g/mol. The second-order valence-corrected chi connectivity index (χ2v) is 6.13. The molecule has 0 unspecified atom stereocenters. The molecule has 0 aromatic heterocycles. The van der Waals surface area contributed by atoms with Gasteiger partial charge in [0.15, 0.2) is 0 Å². The first-order valence-corrected chi connectivity index (χ1v) is 8.79. The lowest BCUT2D eigenvalue weighted by molar-refractivity contribution is -0.137. The summed E-state index contributed by atoms with van der Waals surface area (Å²) in [6, 6.07) is 6.07. The normalized spacial score (nSPS) is 11.6. The van der Waals surface area contributed by atoms with Gasteiger partial charge in [-0.1, -0.05) is 23.7 Å². The smallest absolute Gasteiger partial charge is 0.305 e. The largest absolute Gasteiger partial charge is 0.481 e. The van der Waals surface area contributed by atoms with Gasteiger partial charge in [-0.15, -0.1) is 0 Å². The molecule has 1 aromatic carbocycles. The van der Waals surface area contributed by atoms with Crippen LogP contribution in [0.2, 0.25) is 5.02 Å². The van der Waals surface area contributed by atoms with Gasteiger partial charge in [0.2, 0.25) is 11.8 Å². The minimum Gasteiger partial charge on any atom is -0.481 e. The van der Waals surface area contributed by atoms with E-state index in [2.05, 4.69) is 5.32 Å². The Balaban J connectivity index is 2.56. The van der Waals surface area contributed by atoms with Crippen LogP contribution in [0.1, 0.15) is 51.1 Å². The SMILES string of the molecule is CCN(CC)C(=O)CCCC(=O)N[C@@H](CC(=O)O)c1ccc(Cl)cc1. The summed E-state index contributed by atoms with van der Waals surface area (Å²) >= 11 is 5.84. The number of carbonyl (C=O) groups excluding carboxylic acids is 2. The Morgan fingerprint density at radius 3 is 2.24 bits per heavy atom. The summed E-state index contributed by atoms with van der Waals surface area (Å²) in [7, 11) is 0. The van der Waals surface area contributed by atoms with Crippen LogP contribution in [0.3, 0.4) is 0 Å². The maximum atomic E-state index is 12.1. The second kappa shape index (κ2) is 10.7. The lowest BCUT2D eigenvalue weighted by Gasteiger charge is -2.19. The molecule has 6 nitrogen and oxygen atoms in total. The van der Waals surface area contributed by atoms with Gasteiger partial charge < -0.3 is 15.3 Å². The van der Waals surface area contributed by atoms with Crippen molar-refractivity contribution in [2.75, 3.05) is 13.1 Å². The quantitative estimate of drug-likeness (QED) is 0.664. The number of carbonyl (C=O) groups is 3. The third-order valence-electron chi connectivity index (χ3n) is 3.90. The van der Waals surface area contributed by atoms with Gasteiger partial charge in [0.1, 0.15) is 0 Å². The van der Waals surface area contributed by atoms with Gasteiger partial charge in [0.05, 0.1) is 12.5 Å². The minimum absolute atomic E-state index is 0.0255. The molecule has 1 atom stereocenters. The maximum Gasteiger partial charge on any atom is 0.305 e. The van der Waals surface area contributed by atoms with Crippen LogP contribution >= 0.6 is 11.6 Å². The molecule has 0 aliphatic rings. The number of hydrogen-bond acceptors (Lipinski definition) is 3. The van der Waals surface area contributed by atoms with Crippen LogP contribution in [-0.2, 0) is 14.4 Å². The van der Waals surface area contributed by atoms with Crippen LogP contribution in [0.5, 0.6) is 0 Å². The van der Waals surface area contributed by atoms with Crippen LogP contribution in [0, 0.1) is 0 Å². The van der Waals surface area contributed by atoms with Crippen molar-refractivity contribution >= 4 is 29.4 Å². The Hall–Kier alpha value is -2.08. The van der Waals surface area contributed by atoms with Crippen molar-refractivity contribution in [3.05, 3.63) is 34.9 Å². The van der Waals surface area contributed by atoms with E-state index < -0.39 is 12.0 Å². The molecule has 0 aliphatic carbocycles. The molecule has 25 heavy (non-hydrogen) atoms. The maximum absolute atomic E-state index is 12.1. The number of halogens is 1. The van der Waals surface area contributed by atoms with E-state index in [1.54, 1.807) is 29.2 Å². The summed E-state index contributed by atoms with van der Waals surface area (Å²) in [5.74, 6) is -1.25. The molecule has 138 valence electrons. The van der Waals surface area contributed by atoms with Crippen LogP contribution in [0.15, 0.2) is 24.3 Å². The molecule has 0 saturated heterocycles. The van der Waals surface area contributed by atoms with Crippen molar-refractivity contribution in [1.29, 1.82) is 0 Å². The van der Waals surface area contributed by atoms with Crippen molar-refractivity contribution in [2.45, 2.75) is 45.6 Å². The molecule has 2 amide bonds. The molecular formula is C18H25ClN2O4. The lowest BCUT2D eigenvalue weighted by atomic mass is 10.0. The molecule has 0 bridgehead atoms. The molecule has 0 heterocycles. The summed E-state index contributed by atoms with van der Waals surface area (Å²) in [4.78, 5) is 36.8. The first kappa shape index (κ1) is 21.0. The fraction of sp³-hybridized carbons (Fsp3) is 0.500. The highest BCUT2D eigenvalue weighted by atomic mass is 35.5. The monoisotopic (exact) mass is 368 g/mol. The highest BCUT2D eigenvalue weighted by molar-refractivity contribution is 6.30. The fourth-order valence-corrected chi connectivity index (χ4v) is 2.65. The van der Waals surface area contributed by atoms with Gasteiger partial charge in [-0.2, -0.15) is 0 Å². The van der Waals surface area contributed by atoms with Crippen molar-refractivity contribution in [1.82, 2.24) is 10.2 Å². The molecule has 7 heteroatoms. The molecule has 0 fully saturated rings. The number of nitrogens with zero attached hydrogens (tertiary/aromatic N) is 1. The van der Waals surface area contributed by atoms with E-state index in [1.807, 2.05) is 13.8 Å². The van der Waals surface area contributed by atoms with Gasteiger partial charge in [0, 0.05) is 31.0 Å². The number of carboxylic acids is 1. The predicted octanol–water partition coefficient (Wildman–Crippen LogP) is 3.01. The summed E-state index contributed by atoms with van der Waals surface area (Å²) in [6.07, 6.45) is 0.698. The topological polar surface area (TPSA) is 86.7 Å². The number of hydrogen-bond donors (Lipinski definition) is 2. The number of benzene rings is 1. The van der Waals surface area contributed by atoms with Crippen LogP contribution in [0.4, 0.5) is 0 Å². The van der Waals surface area contributed by atoms with Gasteiger partial charge in [-0.25, -0.2) is 0 Å². The zero-order valence-corrected chi connectivity index (χ0v) is 15.4. The van der Waals surface area contributed by atoms with E-state index in [-0.39, 0.29) is 24.7 Å². The Bertz CT molecular complexity index is 585. The van der Waals surface area contributed by atoms with E-state index in [4.69, 9.17) is 16.7 Å². The van der Waals surface area contributed by atoms with Crippen LogP contribution < -0.4 is 5.32 Å². The summed E-state index contributed by atoms with van der Waals surface area (Å²) in [6.45, 7) is 5.13. The highest BCUT2D eigenvalue weighted by Crippen LogP contribution is 2.20. The number of aliphatic carboxylic acids is 1. The van der Waals surface area contributed by atoms with Gasteiger partial charge in [0.25, 0.3) is 0 Å². The molecule has 0 saturated carbocycles. The van der Waals surface area contributed by atoms with Gasteiger partial charge >= 0.3 is 5.97 Å². The second-order valence-electron chi connectivity index (χ2n) is 5.69. The van der Waals surface area contributed by atoms with Crippen molar-refractivity contribution < 1.29 is 19.5 Å². The zero-order valence-electron chi connectivity index (χ0n) is 14.6. The van der Waals surface area contributed by atoms with Crippen molar-refractivity contribution in [3.63, 3.8) is 0 Å². The zero-order chi connectivity index (χ0) is 18.8. The van der Waals surface area contributed by atoms with Crippen LogP contribution in [-0.4, -0.2) is 40.9 Å². The standard InChI is InChI=1S/C18H25ClN2O4/c1-3-21(4-2)17(23)7-5-6-16(22)20-15(12-18(24)25)13-8-10-14(19)11-9-13/h8-11,15H,3-7,12H2,1-2H3,(H,20,22)(H,24,25)/t15-/m0/s1. The third kappa shape index (κ3) is 7.56. The average Bonchev–Trinajstić information content (AvgIpc) is 2.55. The summed E-state index contributed by atoms with van der Waals surface area (Å²) < 4.78 is 0. The summed E-state index contributed by atoms with van der Waals surface area (Å²) in [5.41, 5.74) is 0.680. The van der Waals surface area contributed by atoms with E-state index in [9.17, 15) is 14.4 Å². The first-order valence-electron chi connectivity index (χ1n) is 8.41. The lowest BCUT2D eigenvalue weighted by Crippen LogP contribution is -2.32. The Morgan fingerprint density at radius 1 is 1.12 bits per heavy atom. The van der Waals surface area contributed by atoms with Crippen molar-refractivity contribution in [2.24, 2.45) is 0 Å². The number of carboxylic acid groups (broad SMARTS) is 1. The van der Waals surface area contributed by atoms with Crippen molar-refractivity contribution in [3.8, 4) is 0 Å². The Labute approximate surface area is 153 Å². The molecule has 0 aliphatic heterocycles. The first-order chi connectivity index (χ1) is 11.9. The van der Waals surface area contributed by atoms with E-state index >= 15 is 0 Å². The number of rotatable bonds is 10. The predicted molar refractivity (Wildman–Crippen MR) is 96.4 cm³/mol. The Kier molecular flexibility index (Phi) is 8.99. The van der Waals surface area contributed by atoms with Gasteiger partial charge in [-0.3, -0.25) is 14.4 Å². The molecule has 0 spiro atoms. The summed E-state index contributed by atoms with van der Waals surface area (Å²) in [5, 5.41) is 12.3. The van der Waals surface area contributed by atoms with E-state index in [1.165, 1.54) is 0 Å². The number of nitrogens with one attached hydrogen (secondary N) is 1. The van der Waals surface area contributed by atoms with Crippen LogP contribution in [0.25, 0.3) is 0 Å². The molecule has 1 rings (SSSR count). The molecule has 1 aromatic rings. The van der Waals surface area contributed by atoms with E-state index in [0.29, 0.717) is 36.5 Å². The van der Waals surface area contributed by atoms with E-state index in [0.717, 1.165) is 0 Å². The molecule has 0 radical (unpaired) electrons. The number of amides is 2. The van der Waals surface area contributed by atoms with Gasteiger partial charge in [-0.05, 0) is 38.0 Å².